The van der Waals surface area contributed by atoms with E-state index in [0.29, 0.717) is 10.6 Å². The van der Waals surface area contributed by atoms with Crippen LogP contribution in [-0.4, -0.2) is 30.7 Å². The highest BCUT2D eigenvalue weighted by Crippen LogP contribution is 2.17. The van der Waals surface area contributed by atoms with Crippen molar-refractivity contribution in [3.8, 4) is 12.3 Å². The van der Waals surface area contributed by atoms with Crippen LogP contribution in [0.3, 0.4) is 0 Å². The molecule has 6 heteroatoms. The van der Waals surface area contributed by atoms with Gasteiger partial charge in [-0.05, 0) is 30.3 Å². The van der Waals surface area contributed by atoms with Crippen LogP contribution in [0.4, 0.5) is 0 Å². The monoisotopic (exact) mass is 354 g/mol. The van der Waals surface area contributed by atoms with E-state index in [-0.39, 0.29) is 30.0 Å². The SMILES string of the molecule is C#CCNC(=O)CNC(=O)c1ccccc1C(=O)c1ccc(Cl)cc1. The van der Waals surface area contributed by atoms with E-state index in [1.54, 1.807) is 42.5 Å². The van der Waals surface area contributed by atoms with Gasteiger partial charge in [0, 0.05) is 16.1 Å². The molecule has 0 aliphatic rings. The molecule has 0 saturated carbocycles. The van der Waals surface area contributed by atoms with Gasteiger partial charge >= 0.3 is 0 Å². The first-order valence-electron chi connectivity index (χ1n) is 7.40. The van der Waals surface area contributed by atoms with Gasteiger partial charge in [0.05, 0.1) is 18.7 Å². The van der Waals surface area contributed by atoms with Crippen LogP contribution in [0.2, 0.25) is 5.02 Å². The Bertz CT molecular complexity index is 838. The molecule has 2 N–H and O–H groups in total. The molecule has 2 amide bonds. The van der Waals surface area contributed by atoms with E-state index in [4.69, 9.17) is 18.0 Å². The van der Waals surface area contributed by atoms with Crippen molar-refractivity contribution in [3.63, 3.8) is 0 Å². The maximum Gasteiger partial charge on any atom is 0.252 e. The molecule has 5 nitrogen and oxygen atoms in total. The van der Waals surface area contributed by atoms with Gasteiger partial charge < -0.3 is 10.6 Å². The van der Waals surface area contributed by atoms with Crippen molar-refractivity contribution in [1.29, 1.82) is 0 Å². The molecule has 126 valence electrons. The maximum absolute atomic E-state index is 12.6. The highest BCUT2D eigenvalue weighted by Gasteiger charge is 2.18. The van der Waals surface area contributed by atoms with E-state index in [9.17, 15) is 14.4 Å². The molecule has 0 saturated heterocycles. The van der Waals surface area contributed by atoms with Crippen LogP contribution >= 0.6 is 11.6 Å². The molecule has 0 bridgehead atoms. The van der Waals surface area contributed by atoms with Gasteiger partial charge in [-0.1, -0.05) is 35.7 Å². The Morgan fingerprint density at radius 2 is 1.60 bits per heavy atom. The molecular formula is C19H15ClN2O3. The van der Waals surface area contributed by atoms with Crippen molar-refractivity contribution in [1.82, 2.24) is 10.6 Å². The Morgan fingerprint density at radius 1 is 0.960 bits per heavy atom. The zero-order valence-electron chi connectivity index (χ0n) is 13.2. The first-order chi connectivity index (χ1) is 12.0. The third kappa shape index (κ3) is 4.93. The second kappa shape index (κ2) is 8.67. The van der Waals surface area contributed by atoms with Gasteiger partial charge in [0.25, 0.3) is 5.91 Å². The van der Waals surface area contributed by atoms with Crippen LogP contribution in [0.5, 0.6) is 0 Å². The average molecular weight is 355 g/mol. The predicted octanol–water partition coefficient (Wildman–Crippen LogP) is 2.05. The topological polar surface area (TPSA) is 75.3 Å². The molecular weight excluding hydrogens is 340 g/mol. The summed E-state index contributed by atoms with van der Waals surface area (Å²) in [5, 5.41) is 5.42. The van der Waals surface area contributed by atoms with Crippen LogP contribution < -0.4 is 10.6 Å². The van der Waals surface area contributed by atoms with Crippen LogP contribution in [0, 0.1) is 12.3 Å². The summed E-state index contributed by atoms with van der Waals surface area (Å²) in [5.41, 5.74) is 0.843. The summed E-state index contributed by atoms with van der Waals surface area (Å²) in [6.45, 7) is -0.148. The Hall–Kier alpha value is -3.10. The highest BCUT2D eigenvalue weighted by atomic mass is 35.5. The Labute approximate surface area is 150 Å². The minimum atomic E-state index is -0.520. The largest absolute Gasteiger partial charge is 0.344 e. The first kappa shape index (κ1) is 18.2. The first-order valence-corrected chi connectivity index (χ1v) is 7.78. The Kier molecular flexibility index (Phi) is 6.33. The van der Waals surface area contributed by atoms with E-state index in [1.165, 1.54) is 6.07 Å². The molecule has 0 unspecified atom stereocenters. The summed E-state index contributed by atoms with van der Waals surface area (Å²) in [4.78, 5) is 36.5. The maximum atomic E-state index is 12.6. The molecule has 0 spiro atoms. The standard InChI is InChI=1S/C19H15ClN2O3/c1-2-11-21-17(23)12-22-19(25)16-6-4-3-5-15(16)18(24)13-7-9-14(20)10-8-13/h1,3-10H,11-12H2,(H,21,23)(H,22,25). The number of carbonyl (C=O) groups excluding carboxylic acids is 3. The molecule has 0 aliphatic carbocycles. The van der Waals surface area contributed by atoms with Crippen LogP contribution in [0.1, 0.15) is 26.3 Å². The van der Waals surface area contributed by atoms with Crippen molar-refractivity contribution in [3.05, 3.63) is 70.2 Å². The molecule has 0 atom stereocenters. The summed E-state index contributed by atoms with van der Waals surface area (Å²) >= 11 is 5.83. The smallest absolute Gasteiger partial charge is 0.252 e. The number of hydrogen-bond donors (Lipinski definition) is 2. The van der Waals surface area contributed by atoms with Crippen LogP contribution in [0.15, 0.2) is 48.5 Å². The van der Waals surface area contributed by atoms with Crippen molar-refractivity contribution in [2.24, 2.45) is 0 Å². The molecule has 0 radical (unpaired) electrons. The van der Waals surface area contributed by atoms with Gasteiger partial charge in [0.1, 0.15) is 0 Å². The predicted molar refractivity (Wildman–Crippen MR) is 95.5 cm³/mol. The summed E-state index contributed by atoms with van der Waals surface area (Å²) in [7, 11) is 0. The van der Waals surface area contributed by atoms with Crippen molar-refractivity contribution in [2.45, 2.75) is 0 Å². The van der Waals surface area contributed by atoms with E-state index in [0.717, 1.165) is 0 Å². The molecule has 0 aromatic heterocycles. The van der Waals surface area contributed by atoms with Gasteiger partial charge in [-0.3, -0.25) is 14.4 Å². The average Bonchev–Trinajstić information content (AvgIpc) is 2.64. The van der Waals surface area contributed by atoms with Gasteiger partial charge in [0.15, 0.2) is 5.78 Å². The quantitative estimate of drug-likeness (QED) is 0.616. The number of hydrogen-bond acceptors (Lipinski definition) is 3. The minimum Gasteiger partial charge on any atom is -0.344 e. The fourth-order valence-corrected chi connectivity index (χ4v) is 2.23. The molecule has 2 aromatic carbocycles. The van der Waals surface area contributed by atoms with Gasteiger partial charge in [-0.25, -0.2) is 0 Å². The number of carbonyl (C=O) groups is 3. The lowest BCUT2D eigenvalue weighted by molar-refractivity contribution is -0.119. The minimum absolute atomic E-state index is 0.0837. The van der Waals surface area contributed by atoms with Gasteiger partial charge in [-0.15, -0.1) is 6.42 Å². The van der Waals surface area contributed by atoms with Gasteiger partial charge in [-0.2, -0.15) is 0 Å². The van der Waals surface area contributed by atoms with Crippen molar-refractivity contribution < 1.29 is 14.4 Å². The summed E-state index contributed by atoms with van der Waals surface area (Å²) < 4.78 is 0. The molecule has 2 rings (SSSR count). The third-order valence-corrected chi connectivity index (χ3v) is 3.57. The number of benzene rings is 2. The number of halogens is 1. The molecule has 0 fully saturated rings. The van der Waals surface area contributed by atoms with E-state index < -0.39 is 11.8 Å². The zero-order chi connectivity index (χ0) is 18.2. The molecule has 0 heterocycles. The van der Waals surface area contributed by atoms with Crippen molar-refractivity contribution >= 4 is 29.2 Å². The van der Waals surface area contributed by atoms with E-state index >= 15 is 0 Å². The van der Waals surface area contributed by atoms with Crippen LogP contribution in [-0.2, 0) is 4.79 Å². The molecule has 0 aliphatic heterocycles. The number of ketones is 1. The third-order valence-electron chi connectivity index (χ3n) is 3.32. The lowest BCUT2D eigenvalue weighted by Crippen LogP contribution is -2.37. The fraction of sp³-hybridized carbons (Fsp3) is 0.105. The van der Waals surface area contributed by atoms with Gasteiger partial charge in [0.2, 0.25) is 5.91 Å². The fourth-order valence-electron chi connectivity index (χ4n) is 2.10. The Balaban J connectivity index is 2.16. The normalized spacial score (nSPS) is 9.76. The molecule has 2 aromatic rings. The van der Waals surface area contributed by atoms with Crippen LogP contribution in [0.25, 0.3) is 0 Å². The second-order valence-corrected chi connectivity index (χ2v) is 5.48. The number of amides is 2. The summed E-state index contributed by atoms with van der Waals surface area (Å²) in [6.07, 6.45) is 5.04. The lowest BCUT2D eigenvalue weighted by atomic mass is 9.98. The lowest BCUT2D eigenvalue weighted by Gasteiger charge is -2.09. The number of terminal acetylenes is 1. The van der Waals surface area contributed by atoms with E-state index in [1.807, 2.05) is 0 Å². The molecule has 25 heavy (non-hydrogen) atoms. The summed E-state index contributed by atoms with van der Waals surface area (Å²) in [5.74, 6) is 1.03. The number of rotatable bonds is 6. The number of nitrogens with one attached hydrogen (secondary N) is 2. The summed E-state index contributed by atoms with van der Waals surface area (Å²) in [6, 6.07) is 12.8. The second-order valence-electron chi connectivity index (χ2n) is 5.05. The van der Waals surface area contributed by atoms with E-state index in [2.05, 4.69) is 16.6 Å². The van der Waals surface area contributed by atoms with Crippen molar-refractivity contribution in [2.75, 3.05) is 13.1 Å². The highest BCUT2D eigenvalue weighted by molar-refractivity contribution is 6.30. The Morgan fingerprint density at radius 3 is 2.24 bits per heavy atom. The zero-order valence-corrected chi connectivity index (χ0v) is 14.0.